The number of methoxy groups -OCH3 is 1. The highest BCUT2D eigenvalue weighted by atomic mass is 35.5. The first-order valence-electron chi connectivity index (χ1n) is 11.0. The van der Waals surface area contributed by atoms with E-state index < -0.39 is 17.7 Å². The standard InChI is InChI=1S/C27H20Cl2N2O4S/c1-13-4-5-14(2)17(10-13)24(32)22-23(15-6-8-18(28)19(29)11-15)31(26(34)25(22)33)27-30-20-9-7-16(35-3)12-21(20)36-27/h4-12,23,32H,1-3H3/b24-22+. The van der Waals surface area contributed by atoms with Gasteiger partial charge in [0.05, 0.1) is 39.0 Å². The van der Waals surface area contributed by atoms with E-state index in [0.29, 0.717) is 32.5 Å². The van der Waals surface area contributed by atoms with Gasteiger partial charge < -0.3 is 9.84 Å². The van der Waals surface area contributed by atoms with Crippen LogP contribution in [0.2, 0.25) is 10.0 Å². The highest BCUT2D eigenvalue weighted by Gasteiger charge is 2.48. The Morgan fingerprint density at radius 2 is 1.81 bits per heavy atom. The van der Waals surface area contributed by atoms with Gasteiger partial charge in [-0.3, -0.25) is 14.5 Å². The number of hydrogen-bond acceptors (Lipinski definition) is 6. The van der Waals surface area contributed by atoms with Crippen LogP contribution in [-0.4, -0.2) is 28.9 Å². The Labute approximate surface area is 221 Å². The number of thiazole rings is 1. The van der Waals surface area contributed by atoms with E-state index in [2.05, 4.69) is 4.98 Å². The third-order valence-corrected chi connectivity index (χ3v) is 7.90. The monoisotopic (exact) mass is 538 g/mol. The summed E-state index contributed by atoms with van der Waals surface area (Å²) in [5.41, 5.74) is 3.29. The number of halogens is 2. The van der Waals surface area contributed by atoms with E-state index in [1.165, 1.54) is 16.2 Å². The van der Waals surface area contributed by atoms with Crippen molar-refractivity contribution in [2.45, 2.75) is 19.9 Å². The van der Waals surface area contributed by atoms with Gasteiger partial charge in [-0.2, -0.15) is 0 Å². The van der Waals surface area contributed by atoms with Crippen molar-refractivity contribution in [3.05, 3.63) is 92.5 Å². The van der Waals surface area contributed by atoms with Gasteiger partial charge in [-0.25, -0.2) is 4.98 Å². The summed E-state index contributed by atoms with van der Waals surface area (Å²) in [6.45, 7) is 3.72. The molecule has 9 heteroatoms. The number of ketones is 1. The second kappa shape index (κ2) is 9.24. The summed E-state index contributed by atoms with van der Waals surface area (Å²) in [6.07, 6.45) is 0. The molecular weight excluding hydrogens is 519 g/mol. The maximum atomic E-state index is 13.5. The average Bonchev–Trinajstić information content (AvgIpc) is 3.39. The van der Waals surface area contributed by atoms with Gasteiger partial charge in [0.25, 0.3) is 5.78 Å². The van der Waals surface area contributed by atoms with Gasteiger partial charge in [-0.05, 0) is 61.4 Å². The third-order valence-electron chi connectivity index (χ3n) is 6.14. The van der Waals surface area contributed by atoms with Gasteiger partial charge in [0.15, 0.2) is 5.13 Å². The Bertz CT molecular complexity index is 1590. The molecule has 1 aliphatic heterocycles. The smallest absolute Gasteiger partial charge is 0.301 e. The first-order valence-corrected chi connectivity index (χ1v) is 12.5. The first kappa shape index (κ1) is 24.3. The van der Waals surface area contributed by atoms with Crippen molar-refractivity contribution in [1.29, 1.82) is 0 Å². The van der Waals surface area contributed by atoms with Gasteiger partial charge in [-0.1, -0.05) is 58.3 Å². The third kappa shape index (κ3) is 4.03. The van der Waals surface area contributed by atoms with E-state index in [9.17, 15) is 14.7 Å². The number of fused-ring (bicyclic) bond motifs is 1. The molecule has 4 aromatic rings. The predicted octanol–water partition coefficient (Wildman–Crippen LogP) is 6.85. The number of aromatic nitrogens is 1. The number of Topliss-reactive ketones (excluding diaryl/α,β-unsaturated/α-hetero) is 1. The highest BCUT2D eigenvalue weighted by Crippen LogP contribution is 2.45. The molecular formula is C27H20Cl2N2O4S. The Balaban J connectivity index is 1.76. The van der Waals surface area contributed by atoms with E-state index in [1.807, 2.05) is 32.0 Å². The maximum Gasteiger partial charge on any atom is 0.301 e. The number of aliphatic hydroxyl groups excluding tert-OH is 1. The Hall–Kier alpha value is -3.39. The lowest BCUT2D eigenvalue weighted by atomic mass is 9.93. The van der Waals surface area contributed by atoms with Crippen molar-refractivity contribution in [3.8, 4) is 5.75 Å². The molecule has 0 bridgehead atoms. The number of aliphatic hydroxyl groups is 1. The number of carbonyl (C=O) groups is 2. The first-order chi connectivity index (χ1) is 17.2. The molecule has 1 saturated heterocycles. The molecule has 3 aromatic carbocycles. The zero-order valence-electron chi connectivity index (χ0n) is 19.5. The Kier molecular flexibility index (Phi) is 6.24. The molecule has 1 aliphatic rings. The van der Waals surface area contributed by atoms with Crippen LogP contribution in [0.25, 0.3) is 16.0 Å². The average molecular weight is 539 g/mol. The summed E-state index contributed by atoms with van der Waals surface area (Å²) in [5, 5.41) is 12.3. The number of nitrogens with zero attached hydrogens (tertiary/aromatic N) is 2. The lowest BCUT2D eigenvalue weighted by Gasteiger charge is -2.23. The number of anilines is 1. The lowest BCUT2D eigenvalue weighted by molar-refractivity contribution is -0.132. The molecule has 1 fully saturated rings. The molecule has 5 rings (SSSR count). The Morgan fingerprint density at radius 3 is 2.53 bits per heavy atom. The fourth-order valence-corrected chi connectivity index (χ4v) is 5.61. The van der Waals surface area contributed by atoms with Crippen LogP contribution in [0.15, 0.2) is 60.2 Å². The van der Waals surface area contributed by atoms with Crippen LogP contribution >= 0.6 is 34.5 Å². The highest BCUT2D eigenvalue weighted by molar-refractivity contribution is 7.22. The van der Waals surface area contributed by atoms with Gasteiger partial charge in [0.2, 0.25) is 0 Å². The van der Waals surface area contributed by atoms with E-state index in [0.717, 1.165) is 15.8 Å². The number of benzene rings is 3. The maximum absolute atomic E-state index is 13.5. The zero-order chi connectivity index (χ0) is 25.7. The molecule has 6 nitrogen and oxygen atoms in total. The summed E-state index contributed by atoms with van der Waals surface area (Å²) in [7, 11) is 1.57. The van der Waals surface area contributed by atoms with Crippen LogP contribution in [-0.2, 0) is 9.59 Å². The van der Waals surface area contributed by atoms with Crippen LogP contribution < -0.4 is 9.64 Å². The largest absolute Gasteiger partial charge is 0.507 e. The Morgan fingerprint density at radius 1 is 1.03 bits per heavy atom. The molecule has 0 radical (unpaired) electrons. The zero-order valence-corrected chi connectivity index (χ0v) is 21.8. The van der Waals surface area contributed by atoms with Gasteiger partial charge in [0, 0.05) is 5.56 Å². The van der Waals surface area contributed by atoms with Crippen LogP contribution in [0.3, 0.4) is 0 Å². The summed E-state index contributed by atoms with van der Waals surface area (Å²) >= 11 is 13.7. The van der Waals surface area contributed by atoms with Crippen molar-refractivity contribution in [1.82, 2.24) is 4.98 Å². The summed E-state index contributed by atoms with van der Waals surface area (Å²) in [5.74, 6) is -1.20. The minimum Gasteiger partial charge on any atom is -0.507 e. The number of carbonyl (C=O) groups excluding carboxylic acids is 2. The van der Waals surface area contributed by atoms with Crippen LogP contribution in [0.4, 0.5) is 5.13 Å². The lowest BCUT2D eigenvalue weighted by Crippen LogP contribution is -2.29. The van der Waals surface area contributed by atoms with Crippen LogP contribution in [0.1, 0.15) is 28.3 Å². The van der Waals surface area contributed by atoms with Gasteiger partial charge >= 0.3 is 5.91 Å². The summed E-state index contributed by atoms with van der Waals surface area (Å²) < 4.78 is 6.09. The molecule has 0 aliphatic carbocycles. The van der Waals surface area contributed by atoms with Crippen molar-refractivity contribution in [2.75, 3.05) is 12.0 Å². The second-order valence-electron chi connectivity index (χ2n) is 8.49. The number of hydrogen-bond donors (Lipinski definition) is 1. The topological polar surface area (TPSA) is 79.7 Å². The van der Waals surface area contributed by atoms with Crippen LogP contribution in [0, 0.1) is 13.8 Å². The van der Waals surface area contributed by atoms with Gasteiger partial charge in [-0.15, -0.1) is 0 Å². The summed E-state index contributed by atoms with van der Waals surface area (Å²) in [6, 6.07) is 14.9. The number of aryl methyl sites for hydroxylation is 2. The fraction of sp³-hybridized carbons (Fsp3) is 0.148. The van der Waals surface area contributed by atoms with E-state index in [-0.39, 0.29) is 16.4 Å². The molecule has 2 heterocycles. The SMILES string of the molecule is COc1ccc2nc(N3C(=O)C(=O)/C(=C(/O)c4cc(C)ccc4C)C3c3ccc(Cl)c(Cl)c3)sc2c1. The van der Waals surface area contributed by atoms with Crippen molar-refractivity contribution in [3.63, 3.8) is 0 Å². The molecule has 1 unspecified atom stereocenters. The molecule has 182 valence electrons. The fourth-order valence-electron chi connectivity index (χ4n) is 4.29. The normalized spacial score (nSPS) is 17.2. The van der Waals surface area contributed by atoms with Gasteiger partial charge in [0.1, 0.15) is 11.5 Å². The molecule has 1 aromatic heterocycles. The number of ether oxygens (including phenoxy) is 1. The van der Waals surface area contributed by atoms with Crippen molar-refractivity contribution >= 4 is 67.3 Å². The van der Waals surface area contributed by atoms with E-state index in [4.69, 9.17) is 27.9 Å². The minimum atomic E-state index is -0.956. The molecule has 36 heavy (non-hydrogen) atoms. The predicted molar refractivity (Wildman–Crippen MR) is 143 cm³/mol. The summed E-state index contributed by atoms with van der Waals surface area (Å²) in [4.78, 5) is 32.8. The quantitative estimate of drug-likeness (QED) is 0.174. The molecule has 0 spiro atoms. The molecule has 1 atom stereocenters. The van der Waals surface area contributed by atoms with E-state index >= 15 is 0 Å². The van der Waals surface area contributed by atoms with Crippen LogP contribution in [0.5, 0.6) is 5.75 Å². The minimum absolute atomic E-state index is 0.0380. The molecule has 0 saturated carbocycles. The second-order valence-corrected chi connectivity index (χ2v) is 10.3. The van der Waals surface area contributed by atoms with Crippen molar-refractivity contribution < 1.29 is 19.4 Å². The number of amides is 1. The van der Waals surface area contributed by atoms with Crippen molar-refractivity contribution in [2.24, 2.45) is 0 Å². The number of rotatable bonds is 4. The van der Waals surface area contributed by atoms with E-state index in [1.54, 1.807) is 43.5 Å². The molecule has 1 amide bonds. The molecule has 1 N–H and O–H groups in total.